The van der Waals surface area contributed by atoms with Crippen molar-refractivity contribution in [2.75, 3.05) is 28.5 Å². The topological polar surface area (TPSA) is 114 Å². The maximum atomic E-state index is 13.5. The Balaban J connectivity index is 1.43. The predicted octanol–water partition coefficient (Wildman–Crippen LogP) is 3.59. The summed E-state index contributed by atoms with van der Waals surface area (Å²) >= 11 is 0. The summed E-state index contributed by atoms with van der Waals surface area (Å²) < 4.78 is 23.5. The molecule has 38 heavy (non-hydrogen) atoms. The van der Waals surface area contributed by atoms with Crippen LogP contribution in [-0.2, 0) is 25.2 Å². The largest absolute Gasteiger partial charge is 0.454 e. The third-order valence-electron chi connectivity index (χ3n) is 6.84. The Kier molecular flexibility index (Phi) is 9.04. The smallest absolute Gasteiger partial charge is 0.243 e. The van der Waals surface area contributed by atoms with Gasteiger partial charge in [-0.05, 0) is 62.9 Å². The van der Waals surface area contributed by atoms with Crippen molar-refractivity contribution in [3.05, 3.63) is 47.5 Å². The molecule has 3 amide bonds. The Morgan fingerprint density at radius 3 is 2.50 bits per heavy atom. The van der Waals surface area contributed by atoms with E-state index < -0.39 is 28.7 Å². The Hall–Kier alpha value is -3.40. The summed E-state index contributed by atoms with van der Waals surface area (Å²) in [5.41, 5.74) is 2.84. The van der Waals surface area contributed by atoms with Gasteiger partial charge < -0.3 is 20.1 Å². The highest BCUT2D eigenvalue weighted by atomic mass is 32.2. The molecule has 1 aliphatic heterocycles. The van der Waals surface area contributed by atoms with Crippen LogP contribution in [-0.4, -0.2) is 52.3 Å². The molecule has 10 heteroatoms. The molecule has 2 aromatic rings. The summed E-state index contributed by atoms with van der Waals surface area (Å²) in [6.07, 6.45) is 5.18. The van der Waals surface area contributed by atoms with Gasteiger partial charge in [0.15, 0.2) is 11.5 Å². The molecule has 4 rings (SSSR count). The van der Waals surface area contributed by atoms with Gasteiger partial charge in [-0.15, -0.1) is 0 Å². The van der Waals surface area contributed by atoms with Crippen molar-refractivity contribution < 1.29 is 28.1 Å². The van der Waals surface area contributed by atoms with Crippen LogP contribution in [0.3, 0.4) is 0 Å². The van der Waals surface area contributed by atoms with Gasteiger partial charge in [-0.2, -0.15) is 0 Å². The maximum absolute atomic E-state index is 13.5. The van der Waals surface area contributed by atoms with E-state index in [9.17, 15) is 18.6 Å². The zero-order valence-corrected chi connectivity index (χ0v) is 22.9. The first-order chi connectivity index (χ1) is 18.2. The lowest BCUT2D eigenvalue weighted by Gasteiger charge is -2.32. The van der Waals surface area contributed by atoms with Crippen LogP contribution in [0.15, 0.2) is 36.4 Å². The van der Waals surface area contributed by atoms with Gasteiger partial charge in [0.1, 0.15) is 17.5 Å². The number of ether oxygens (including phenoxy) is 2. The summed E-state index contributed by atoms with van der Waals surface area (Å²) in [4.78, 5) is 40.7. The molecule has 0 aromatic heterocycles. The Labute approximate surface area is 225 Å². The summed E-state index contributed by atoms with van der Waals surface area (Å²) in [5, 5.41) is 5.78. The maximum Gasteiger partial charge on any atom is 0.243 e. The van der Waals surface area contributed by atoms with E-state index in [4.69, 9.17) is 9.47 Å². The minimum atomic E-state index is -1.79. The van der Waals surface area contributed by atoms with Crippen molar-refractivity contribution in [3.63, 3.8) is 0 Å². The fourth-order valence-electron chi connectivity index (χ4n) is 4.80. The number of carbonyl (C=O) groups is 3. The Morgan fingerprint density at radius 1 is 1.00 bits per heavy atom. The molecule has 1 fully saturated rings. The lowest BCUT2D eigenvalue weighted by atomic mass is 9.95. The summed E-state index contributed by atoms with van der Waals surface area (Å²) in [6.45, 7) is 5.59. The number of nitrogens with zero attached hydrogens (tertiary/aromatic N) is 1. The number of nitrogens with one attached hydrogen (secondary N) is 2. The van der Waals surface area contributed by atoms with Gasteiger partial charge in [0, 0.05) is 34.3 Å². The van der Waals surface area contributed by atoms with Gasteiger partial charge in [-0.3, -0.25) is 23.5 Å². The van der Waals surface area contributed by atoms with Gasteiger partial charge >= 0.3 is 0 Å². The molecule has 0 unspecified atom stereocenters. The molecule has 9 nitrogen and oxygen atoms in total. The third kappa shape index (κ3) is 6.92. The molecule has 1 aliphatic carbocycles. The molecule has 0 bridgehead atoms. The van der Waals surface area contributed by atoms with Crippen molar-refractivity contribution in [3.8, 4) is 11.5 Å². The Morgan fingerprint density at radius 2 is 1.74 bits per heavy atom. The van der Waals surface area contributed by atoms with E-state index in [0.717, 1.165) is 36.8 Å². The molecule has 1 heterocycles. The number of hydrogen-bond acceptors (Lipinski definition) is 6. The number of rotatable bonds is 9. The Bertz CT molecular complexity index is 1230. The molecule has 2 atom stereocenters. The highest BCUT2D eigenvalue weighted by molar-refractivity contribution is 7.86. The second-order valence-electron chi connectivity index (χ2n) is 9.92. The van der Waals surface area contributed by atoms with Gasteiger partial charge in [0.25, 0.3) is 0 Å². The molecule has 2 aromatic carbocycles. The first kappa shape index (κ1) is 27.6. The zero-order valence-electron chi connectivity index (χ0n) is 22.1. The van der Waals surface area contributed by atoms with E-state index in [2.05, 4.69) is 10.6 Å². The highest BCUT2D eigenvalue weighted by Crippen LogP contribution is 2.34. The number of amides is 3. The highest BCUT2D eigenvalue weighted by Gasteiger charge is 2.31. The average Bonchev–Trinajstić information content (AvgIpc) is 3.34. The molecule has 0 saturated heterocycles. The van der Waals surface area contributed by atoms with Crippen molar-refractivity contribution in [2.45, 2.75) is 65.0 Å². The second-order valence-corrected chi connectivity index (χ2v) is 11.4. The van der Waals surface area contributed by atoms with Gasteiger partial charge in [-0.25, -0.2) is 0 Å². The van der Waals surface area contributed by atoms with E-state index in [1.54, 1.807) is 25.1 Å². The van der Waals surface area contributed by atoms with Crippen molar-refractivity contribution >= 4 is 39.9 Å². The van der Waals surface area contributed by atoms with Gasteiger partial charge in [0.05, 0.1) is 0 Å². The van der Waals surface area contributed by atoms with E-state index >= 15 is 0 Å². The quantitative estimate of drug-likeness (QED) is 0.502. The molecule has 1 saturated carbocycles. The summed E-state index contributed by atoms with van der Waals surface area (Å²) in [7, 11) is -1.79. The number of carbonyl (C=O) groups excluding carboxylic acids is 3. The average molecular weight is 542 g/mol. The van der Waals surface area contributed by atoms with Crippen molar-refractivity contribution in [2.24, 2.45) is 0 Å². The van der Waals surface area contributed by atoms with Crippen molar-refractivity contribution in [1.82, 2.24) is 5.32 Å². The second kappa shape index (κ2) is 12.4. The predicted molar refractivity (Wildman–Crippen MR) is 147 cm³/mol. The van der Waals surface area contributed by atoms with Crippen LogP contribution in [0.4, 0.5) is 11.4 Å². The first-order valence-corrected chi connectivity index (χ1v) is 14.4. The molecule has 204 valence electrons. The van der Waals surface area contributed by atoms with Crippen LogP contribution in [0.5, 0.6) is 11.5 Å². The zero-order chi connectivity index (χ0) is 27.2. The fourth-order valence-corrected chi connectivity index (χ4v) is 5.68. The normalized spacial score (nSPS) is 16.4. The lowest BCUT2D eigenvalue weighted by molar-refractivity contribution is -0.126. The van der Waals surface area contributed by atoms with E-state index in [1.807, 2.05) is 32.0 Å². The minimum Gasteiger partial charge on any atom is -0.454 e. The molecule has 2 aliphatic rings. The monoisotopic (exact) mass is 541 g/mol. The van der Waals surface area contributed by atoms with E-state index in [1.165, 1.54) is 11.3 Å². The van der Waals surface area contributed by atoms with Crippen LogP contribution in [0.1, 0.15) is 50.2 Å². The van der Waals surface area contributed by atoms with Crippen LogP contribution < -0.4 is 25.0 Å². The number of aryl methyl sites for hydroxylation is 2. The van der Waals surface area contributed by atoms with Crippen LogP contribution >= 0.6 is 0 Å². The number of benzene rings is 2. The van der Waals surface area contributed by atoms with E-state index in [0.29, 0.717) is 22.9 Å². The number of anilines is 2. The minimum absolute atomic E-state index is 0.100. The summed E-state index contributed by atoms with van der Waals surface area (Å²) in [6, 6.07) is 9.96. The van der Waals surface area contributed by atoms with Gasteiger partial charge in [0.2, 0.25) is 24.5 Å². The molecule has 2 N–H and O–H groups in total. The molecular formula is C28H35N3O6S. The number of fused-ring (bicyclic) bond motifs is 1. The third-order valence-corrected chi connectivity index (χ3v) is 8.00. The lowest BCUT2D eigenvalue weighted by Crippen LogP contribution is -2.52. The fraction of sp³-hybridized carbons (Fsp3) is 0.464. The number of hydrogen-bond donors (Lipinski definition) is 2. The van der Waals surface area contributed by atoms with E-state index in [-0.39, 0.29) is 30.2 Å². The van der Waals surface area contributed by atoms with Gasteiger partial charge in [-0.1, -0.05) is 31.4 Å². The van der Waals surface area contributed by atoms with Crippen LogP contribution in [0.25, 0.3) is 0 Å². The SMILES string of the molecule is Cc1ccc(C)c(N(C(=O)C[S@@](=O)CC(=O)Nc2ccc3c(c2)OCO3)[C@H](C)C(=O)NC2CCCCC2)c1. The summed E-state index contributed by atoms with van der Waals surface area (Å²) in [5.74, 6) is -0.839. The standard InChI is InChI=1S/C28H35N3O6S/c1-18-9-10-19(2)23(13-18)31(20(3)28(34)30-21-7-5-4-6-8-21)27(33)16-38(35)15-26(32)29-22-11-12-24-25(14-22)37-17-36-24/h9-14,20-21H,4-8,15-17H2,1-3H3,(H,29,32)(H,30,34)/t20-,38+/m1/s1. The molecule has 0 radical (unpaired) electrons. The van der Waals surface area contributed by atoms with Crippen LogP contribution in [0.2, 0.25) is 0 Å². The molecule has 0 spiro atoms. The van der Waals surface area contributed by atoms with Crippen molar-refractivity contribution in [1.29, 1.82) is 0 Å². The molecular weight excluding hydrogens is 506 g/mol. The first-order valence-electron chi connectivity index (χ1n) is 13.0. The van der Waals surface area contributed by atoms with Crippen LogP contribution in [0, 0.1) is 13.8 Å².